The SMILES string of the molecule is COCCCC(C)c1cccc[n+]1C.[Y]. The average molecular weight is 283 g/mol. The van der Waals surface area contributed by atoms with Crippen LogP contribution >= 0.6 is 0 Å². The van der Waals surface area contributed by atoms with E-state index in [1.54, 1.807) is 7.11 Å². The van der Waals surface area contributed by atoms with E-state index in [9.17, 15) is 0 Å². The Morgan fingerprint density at radius 2 is 2.13 bits per heavy atom. The maximum Gasteiger partial charge on any atom is 0.183 e. The molecule has 0 spiro atoms. The summed E-state index contributed by atoms with van der Waals surface area (Å²) in [6.45, 7) is 3.13. The topological polar surface area (TPSA) is 13.1 Å². The molecule has 0 bridgehead atoms. The third kappa shape index (κ3) is 5.19. The van der Waals surface area contributed by atoms with Crippen molar-refractivity contribution in [1.29, 1.82) is 0 Å². The van der Waals surface area contributed by atoms with Crippen LogP contribution in [0.5, 0.6) is 0 Å². The third-order valence-electron chi connectivity index (χ3n) is 2.59. The maximum absolute atomic E-state index is 5.05. The van der Waals surface area contributed by atoms with E-state index in [2.05, 4.69) is 42.9 Å². The Bertz CT molecular complexity index is 278. The predicted molar refractivity (Wildman–Crippen MR) is 57.1 cm³/mol. The monoisotopic (exact) mass is 283 g/mol. The second-order valence-electron chi connectivity index (χ2n) is 3.77. The molecule has 0 amide bonds. The first kappa shape index (κ1) is 15.2. The molecule has 0 aliphatic carbocycles. The summed E-state index contributed by atoms with van der Waals surface area (Å²) >= 11 is 0. The summed E-state index contributed by atoms with van der Waals surface area (Å²) < 4.78 is 7.24. The van der Waals surface area contributed by atoms with Gasteiger partial charge in [-0.2, -0.15) is 0 Å². The molecule has 1 radical (unpaired) electrons. The molecule has 0 aliphatic rings. The standard InChI is InChI=1S/C12H20NO.Y/c1-11(7-6-10-14-3)12-8-4-5-9-13(12)2;/h4-5,8-9,11H,6-7,10H2,1-3H3;/q+1;. The van der Waals surface area contributed by atoms with E-state index < -0.39 is 0 Å². The van der Waals surface area contributed by atoms with Crippen LogP contribution in [-0.4, -0.2) is 13.7 Å². The van der Waals surface area contributed by atoms with Gasteiger partial charge in [0.2, 0.25) is 0 Å². The zero-order valence-electron chi connectivity index (χ0n) is 9.94. The molecule has 1 aromatic rings. The van der Waals surface area contributed by atoms with Gasteiger partial charge in [0.05, 0.1) is 0 Å². The van der Waals surface area contributed by atoms with Crippen molar-refractivity contribution >= 4 is 0 Å². The zero-order valence-corrected chi connectivity index (χ0v) is 12.8. The van der Waals surface area contributed by atoms with Crippen molar-refractivity contribution < 1.29 is 42.0 Å². The predicted octanol–water partition coefficient (Wildman–Crippen LogP) is 2.04. The van der Waals surface area contributed by atoms with Gasteiger partial charge in [0.25, 0.3) is 0 Å². The van der Waals surface area contributed by atoms with E-state index in [1.807, 2.05) is 0 Å². The van der Waals surface area contributed by atoms with Gasteiger partial charge in [-0.1, -0.05) is 13.0 Å². The van der Waals surface area contributed by atoms with Gasteiger partial charge in [0.15, 0.2) is 11.9 Å². The molecule has 0 N–H and O–H groups in total. The van der Waals surface area contributed by atoms with E-state index in [0.29, 0.717) is 5.92 Å². The van der Waals surface area contributed by atoms with Gasteiger partial charge in [-0.25, -0.2) is 4.57 Å². The Morgan fingerprint density at radius 1 is 1.40 bits per heavy atom. The van der Waals surface area contributed by atoms with Gasteiger partial charge < -0.3 is 4.74 Å². The van der Waals surface area contributed by atoms with E-state index in [-0.39, 0.29) is 32.7 Å². The minimum atomic E-state index is 0. The van der Waals surface area contributed by atoms with Gasteiger partial charge >= 0.3 is 0 Å². The average Bonchev–Trinajstić information content (AvgIpc) is 2.18. The van der Waals surface area contributed by atoms with Crippen LogP contribution in [-0.2, 0) is 44.5 Å². The first-order valence-electron chi connectivity index (χ1n) is 5.19. The van der Waals surface area contributed by atoms with Crippen LogP contribution in [0.3, 0.4) is 0 Å². The van der Waals surface area contributed by atoms with Gasteiger partial charge in [0, 0.05) is 64.5 Å². The van der Waals surface area contributed by atoms with Crippen molar-refractivity contribution in [1.82, 2.24) is 0 Å². The smallest absolute Gasteiger partial charge is 0.183 e. The molecular weight excluding hydrogens is 263 g/mol. The third-order valence-corrected chi connectivity index (χ3v) is 2.59. The molecule has 81 valence electrons. The molecule has 0 aromatic carbocycles. The van der Waals surface area contributed by atoms with Crippen molar-refractivity contribution in [3.05, 3.63) is 30.1 Å². The molecule has 2 nitrogen and oxygen atoms in total. The number of ether oxygens (including phenoxy) is 1. The number of hydrogen-bond donors (Lipinski definition) is 0. The Labute approximate surface area is 118 Å². The normalized spacial score (nSPS) is 11.9. The number of nitrogens with zero attached hydrogens (tertiary/aromatic N) is 1. The molecule has 1 atom stereocenters. The quantitative estimate of drug-likeness (QED) is 0.595. The number of rotatable bonds is 5. The fraction of sp³-hybridized carbons (Fsp3) is 0.583. The van der Waals surface area contributed by atoms with Crippen molar-refractivity contribution in [3.63, 3.8) is 0 Å². The number of pyridine rings is 1. The molecule has 1 rings (SSSR count). The number of hydrogen-bond acceptors (Lipinski definition) is 1. The molecular formula is C12H20NOY+. The molecule has 3 heteroatoms. The van der Waals surface area contributed by atoms with Crippen LogP contribution in [0.2, 0.25) is 0 Å². The van der Waals surface area contributed by atoms with Crippen LogP contribution < -0.4 is 4.57 Å². The molecule has 1 unspecified atom stereocenters. The van der Waals surface area contributed by atoms with Crippen molar-refractivity contribution in [2.24, 2.45) is 7.05 Å². The molecule has 1 aromatic heterocycles. The minimum Gasteiger partial charge on any atom is -0.385 e. The Morgan fingerprint density at radius 3 is 2.73 bits per heavy atom. The number of methoxy groups -OCH3 is 1. The van der Waals surface area contributed by atoms with E-state index in [4.69, 9.17) is 4.74 Å². The van der Waals surface area contributed by atoms with Crippen molar-refractivity contribution in [3.8, 4) is 0 Å². The van der Waals surface area contributed by atoms with Crippen LogP contribution in [0, 0.1) is 0 Å². The first-order chi connectivity index (χ1) is 6.75. The zero-order chi connectivity index (χ0) is 10.4. The summed E-state index contributed by atoms with van der Waals surface area (Å²) in [6.07, 6.45) is 4.42. The van der Waals surface area contributed by atoms with Gasteiger partial charge in [0.1, 0.15) is 7.05 Å². The van der Waals surface area contributed by atoms with Gasteiger partial charge in [-0.3, -0.25) is 0 Å². The fourth-order valence-electron chi connectivity index (χ4n) is 1.73. The van der Waals surface area contributed by atoms with Crippen LogP contribution in [0.1, 0.15) is 31.4 Å². The summed E-state index contributed by atoms with van der Waals surface area (Å²) in [4.78, 5) is 0. The minimum absolute atomic E-state index is 0. The van der Waals surface area contributed by atoms with E-state index in [1.165, 1.54) is 12.1 Å². The Hall–Kier alpha value is 0.214. The van der Waals surface area contributed by atoms with Gasteiger partial charge in [-0.15, -0.1) is 0 Å². The summed E-state index contributed by atoms with van der Waals surface area (Å²) in [5.74, 6) is 0.608. The van der Waals surface area contributed by atoms with E-state index in [0.717, 1.165) is 13.0 Å². The van der Waals surface area contributed by atoms with Gasteiger partial charge in [-0.05, 0) is 12.8 Å². The summed E-state index contributed by atoms with van der Waals surface area (Å²) in [5.41, 5.74) is 1.39. The second-order valence-corrected chi connectivity index (χ2v) is 3.77. The number of aromatic nitrogens is 1. The second kappa shape index (κ2) is 8.38. The van der Waals surface area contributed by atoms with Crippen LogP contribution in [0.25, 0.3) is 0 Å². The Kier molecular flexibility index (Phi) is 8.50. The Balaban J connectivity index is 0.00000196. The molecule has 0 saturated heterocycles. The summed E-state index contributed by atoms with van der Waals surface area (Å²) in [5, 5.41) is 0. The largest absolute Gasteiger partial charge is 0.385 e. The molecule has 15 heavy (non-hydrogen) atoms. The molecule has 1 heterocycles. The fourth-order valence-corrected chi connectivity index (χ4v) is 1.73. The number of aryl methyl sites for hydroxylation is 1. The van der Waals surface area contributed by atoms with Crippen LogP contribution in [0.15, 0.2) is 24.4 Å². The summed E-state index contributed by atoms with van der Waals surface area (Å²) in [6, 6.07) is 6.35. The van der Waals surface area contributed by atoms with Crippen LogP contribution in [0.4, 0.5) is 0 Å². The molecule has 0 aliphatic heterocycles. The maximum atomic E-state index is 5.05. The van der Waals surface area contributed by atoms with Crippen molar-refractivity contribution in [2.45, 2.75) is 25.7 Å². The molecule has 0 saturated carbocycles. The van der Waals surface area contributed by atoms with Crippen molar-refractivity contribution in [2.75, 3.05) is 13.7 Å². The molecule has 0 fully saturated rings. The first-order valence-corrected chi connectivity index (χ1v) is 5.19. The summed E-state index contributed by atoms with van der Waals surface area (Å²) in [7, 11) is 3.86. The van der Waals surface area contributed by atoms with E-state index >= 15 is 0 Å².